The minimum absolute atomic E-state index is 0.0490. The molecule has 0 aliphatic carbocycles. The Labute approximate surface area is 182 Å². The largest absolute Gasteiger partial charge is 0.350 e. The molecule has 1 aliphatic heterocycles. The first-order valence-electron chi connectivity index (χ1n) is 9.22. The second-order valence-corrected chi connectivity index (χ2v) is 8.45. The van der Waals surface area contributed by atoms with Crippen molar-refractivity contribution in [2.24, 2.45) is 5.92 Å². The maximum atomic E-state index is 12.9. The minimum atomic E-state index is -0.533. The fraction of sp³-hybridized carbons (Fsp3) is 0.286. The first-order chi connectivity index (χ1) is 13.8. The average Bonchev–Trinajstić information content (AvgIpc) is 3.03. The second-order valence-electron chi connectivity index (χ2n) is 7.16. The molecule has 1 atom stereocenters. The molecular formula is C21H21BrClN3O3. The molecule has 1 heterocycles. The summed E-state index contributed by atoms with van der Waals surface area (Å²) in [6, 6.07) is 12.0. The normalized spacial score (nSPS) is 16.2. The number of hydrogen-bond donors (Lipinski definition) is 2. The van der Waals surface area contributed by atoms with Crippen molar-refractivity contribution in [2.75, 3.05) is 16.8 Å². The lowest BCUT2D eigenvalue weighted by Gasteiger charge is -2.18. The molecule has 0 aromatic heterocycles. The van der Waals surface area contributed by atoms with Crippen molar-refractivity contribution in [3.8, 4) is 0 Å². The van der Waals surface area contributed by atoms with Crippen molar-refractivity contribution >= 4 is 56.6 Å². The van der Waals surface area contributed by atoms with E-state index in [1.165, 1.54) is 6.07 Å². The van der Waals surface area contributed by atoms with Gasteiger partial charge in [-0.05, 0) is 60.1 Å². The van der Waals surface area contributed by atoms with Crippen molar-refractivity contribution in [2.45, 2.75) is 26.3 Å². The molecule has 3 rings (SSSR count). The van der Waals surface area contributed by atoms with Gasteiger partial charge in [0.2, 0.25) is 11.8 Å². The van der Waals surface area contributed by atoms with Crippen molar-refractivity contribution in [1.29, 1.82) is 0 Å². The molecule has 3 amide bonds. The Morgan fingerprint density at radius 3 is 2.62 bits per heavy atom. The number of para-hydroxylation sites is 1. The molecule has 1 aliphatic rings. The molecule has 1 fully saturated rings. The summed E-state index contributed by atoms with van der Waals surface area (Å²) in [6.07, 6.45) is 0.0985. The number of rotatable bonds is 5. The lowest BCUT2D eigenvalue weighted by atomic mass is 10.1. The molecular weight excluding hydrogens is 458 g/mol. The van der Waals surface area contributed by atoms with Crippen molar-refractivity contribution in [1.82, 2.24) is 5.32 Å². The fourth-order valence-electron chi connectivity index (χ4n) is 3.18. The van der Waals surface area contributed by atoms with Crippen LogP contribution in [-0.2, 0) is 9.59 Å². The van der Waals surface area contributed by atoms with Crippen molar-refractivity contribution in [3.05, 3.63) is 57.5 Å². The zero-order valence-electron chi connectivity index (χ0n) is 16.0. The predicted molar refractivity (Wildman–Crippen MR) is 117 cm³/mol. The number of carbonyl (C=O) groups is 3. The Hall–Kier alpha value is -2.38. The van der Waals surface area contributed by atoms with Gasteiger partial charge in [-0.25, -0.2) is 0 Å². The number of nitrogens with one attached hydrogen (secondary N) is 2. The molecule has 0 saturated carbocycles. The van der Waals surface area contributed by atoms with Crippen LogP contribution < -0.4 is 15.5 Å². The molecule has 1 unspecified atom stereocenters. The van der Waals surface area contributed by atoms with E-state index in [1.54, 1.807) is 17.0 Å². The highest BCUT2D eigenvalue weighted by atomic mass is 79.9. The smallest absolute Gasteiger partial charge is 0.253 e. The van der Waals surface area contributed by atoms with Gasteiger partial charge >= 0.3 is 0 Å². The third-order valence-corrected chi connectivity index (χ3v) is 5.45. The number of nitrogens with zero attached hydrogens (tertiary/aromatic N) is 1. The van der Waals surface area contributed by atoms with Crippen molar-refractivity contribution in [3.63, 3.8) is 0 Å². The first kappa shape index (κ1) is 21.3. The highest BCUT2D eigenvalue weighted by Gasteiger charge is 2.36. The van der Waals surface area contributed by atoms with Crippen LogP contribution in [0.3, 0.4) is 0 Å². The van der Waals surface area contributed by atoms with Crippen LogP contribution in [0.5, 0.6) is 0 Å². The monoisotopic (exact) mass is 477 g/mol. The summed E-state index contributed by atoms with van der Waals surface area (Å²) < 4.78 is 0.789. The van der Waals surface area contributed by atoms with E-state index in [1.807, 2.05) is 38.1 Å². The Kier molecular flexibility index (Phi) is 6.59. The number of amides is 3. The van der Waals surface area contributed by atoms with Gasteiger partial charge in [0.1, 0.15) is 0 Å². The van der Waals surface area contributed by atoms with Crippen LogP contribution in [0.4, 0.5) is 11.4 Å². The van der Waals surface area contributed by atoms with E-state index in [-0.39, 0.29) is 36.7 Å². The third kappa shape index (κ3) is 4.97. The lowest BCUT2D eigenvalue weighted by molar-refractivity contribution is -0.122. The predicted octanol–water partition coefficient (Wildman–Crippen LogP) is 4.23. The molecule has 2 N–H and O–H groups in total. The number of benzene rings is 2. The van der Waals surface area contributed by atoms with E-state index in [2.05, 4.69) is 26.6 Å². The Bertz CT molecular complexity index is 964. The van der Waals surface area contributed by atoms with E-state index in [4.69, 9.17) is 11.6 Å². The number of carbonyl (C=O) groups excluding carboxylic acids is 3. The zero-order valence-corrected chi connectivity index (χ0v) is 18.4. The van der Waals surface area contributed by atoms with E-state index in [0.717, 1.165) is 10.2 Å². The quantitative estimate of drug-likeness (QED) is 0.675. The molecule has 1 saturated heterocycles. The Balaban J connectivity index is 1.77. The molecule has 0 bridgehead atoms. The first-order valence-corrected chi connectivity index (χ1v) is 10.4. The van der Waals surface area contributed by atoms with Crippen LogP contribution in [0.15, 0.2) is 46.9 Å². The van der Waals surface area contributed by atoms with Crippen LogP contribution in [0, 0.1) is 5.92 Å². The molecule has 0 radical (unpaired) electrons. The third-order valence-electron chi connectivity index (χ3n) is 4.54. The molecule has 0 spiro atoms. The van der Waals surface area contributed by atoms with Crippen LogP contribution in [0.1, 0.15) is 30.6 Å². The molecule has 2 aromatic rings. The Morgan fingerprint density at radius 1 is 1.21 bits per heavy atom. The summed E-state index contributed by atoms with van der Waals surface area (Å²) in [6.45, 7) is 3.97. The highest BCUT2D eigenvalue weighted by molar-refractivity contribution is 9.10. The van der Waals surface area contributed by atoms with Gasteiger partial charge < -0.3 is 15.5 Å². The van der Waals surface area contributed by atoms with Gasteiger partial charge in [0, 0.05) is 28.5 Å². The minimum Gasteiger partial charge on any atom is -0.350 e. The molecule has 2 aromatic carbocycles. The molecule has 29 heavy (non-hydrogen) atoms. The summed E-state index contributed by atoms with van der Waals surface area (Å²) >= 11 is 9.51. The van der Waals surface area contributed by atoms with E-state index < -0.39 is 5.92 Å². The number of anilines is 2. The maximum absolute atomic E-state index is 12.9. The topological polar surface area (TPSA) is 78.5 Å². The molecule has 6 nitrogen and oxygen atoms in total. The average molecular weight is 479 g/mol. The highest BCUT2D eigenvalue weighted by Crippen LogP contribution is 2.32. The summed E-state index contributed by atoms with van der Waals surface area (Å²) in [5.74, 6) is -1.28. The van der Waals surface area contributed by atoms with Crippen LogP contribution in [0.25, 0.3) is 0 Å². The van der Waals surface area contributed by atoms with Gasteiger partial charge in [0.25, 0.3) is 5.91 Å². The number of hydrogen-bond acceptors (Lipinski definition) is 3. The maximum Gasteiger partial charge on any atom is 0.253 e. The van der Waals surface area contributed by atoms with E-state index in [9.17, 15) is 14.4 Å². The second kappa shape index (κ2) is 8.97. The summed E-state index contributed by atoms with van der Waals surface area (Å²) in [5, 5.41) is 5.98. The number of halogens is 2. The van der Waals surface area contributed by atoms with E-state index in [0.29, 0.717) is 16.3 Å². The molecule has 8 heteroatoms. The van der Waals surface area contributed by atoms with Crippen molar-refractivity contribution < 1.29 is 14.4 Å². The van der Waals surface area contributed by atoms with Crippen LogP contribution in [0.2, 0.25) is 5.02 Å². The Morgan fingerprint density at radius 2 is 1.93 bits per heavy atom. The zero-order chi connectivity index (χ0) is 21.1. The van der Waals surface area contributed by atoms with Crippen LogP contribution >= 0.6 is 27.5 Å². The summed E-state index contributed by atoms with van der Waals surface area (Å²) in [5.41, 5.74) is 1.38. The summed E-state index contributed by atoms with van der Waals surface area (Å²) in [7, 11) is 0. The summed E-state index contributed by atoms with van der Waals surface area (Å²) in [4.78, 5) is 39.4. The fourth-order valence-corrected chi connectivity index (χ4v) is 3.85. The van der Waals surface area contributed by atoms with Gasteiger partial charge in [0.15, 0.2) is 0 Å². The van der Waals surface area contributed by atoms with Crippen LogP contribution in [-0.4, -0.2) is 30.3 Å². The van der Waals surface area contributed by atoms with Gasteiger partial charge in [0.05, 0.1) is 22.9 Å². The standard InChI is InChI=1S/C21H21BrClN3O3/c1-12(2)24-21(29)15-8-7-14(23)10-17(15)25-20(28)13-9-19(27)26(11-13)18-6-4-3-5-16(18)22/h3-8,10,12-13H,9,11H2,1-2H3,(H,24,29)(H,25,28). The van der Waals surface area contributed by atoms with Gasteiger partial charge in [-0.2, -0.15) is 0 Å². The lowest BCUT2D eigenvalue weighted by Crippen LogP contribution is -2.32. The SMILES string of the molecule is CC(C)NC(=O)c1ccc(Cl)cc1NC(=O)C1CC(=O)N(c2ccccc2Br)C1. The van der Waals surface area contributed by atoms with Gasteiger partial charge in [-0.3, -0.25) is 14.4 Å². The molecule has 152 valence electrons. The van der Waals surface area contributed by atoms with Gasteiger partial charge in [-0.15, -0.1) is 0 Å². The van der Waals surface area contributed by atoms with E-state index >= 15 is 0 Å². The van der Waals surface area contributed by atoms with Gasteiger partial charge in [-0.1, -0.05) is 23.7 Å².